The number of carboxylic acid groups (broad SMARTS) is 1. The maximum Gasteiger partial charge on any atom is 0.373 e. The van der Waals surface area contributed by atoms with Crippen LogP contribution in [0, 0.1) is 0 Å². The number of phenolic OH excluding ortho intramolecular Hbond substituents is 1. The van der Waals surface area contributed by atoms with Crippen molar-refractivity contribution in [1.29, 1.82) is 0 Å². The normalized spacial score (nSPS) is 13.1. The van der Waals surface area contributed by atoms with Gasteiger partial charge in [-0.1, -0.05) is 6.07 Å². The SMILES string of the molecule is O=C(NCC(O)Cn1cc[n+](CC(O)(P(=O)(O)O)P(=O)(O)O)c1)c1ccc(-c2c3ccc(=O)cc-3oc3cc(O)ccc23)c(C(=O)O)c1. The summed E-state index contributed by atoms with van der Waals surface area (Å²) in [5, 5.41) is 39.9. The van der Waals surface area contributed by atoms with Crippen LogP contribution in [0.15, 0.2) is 82.5 Å². The number of phenols is 1. The lowest BCUT2D eigenvalue weighted by Crippen LogP contribution is -2.46. The number of aromatic hydroxyl groups is 1. The Hall–Kier alpha value is -4.70. The minimum atomic E-state index is -5.70. The van der Waals surface area contributed by atoms with Gasteiger partial charge in [0.2, 0.25) is 6.33 Å². The van der Waals surface area contributed by atoms with Crippen molar-refractivity contribution in [1.82, 2.24) is 9.88 Å². The smallest absolute Gasteiger partial charge is 0.373 e. The third-order valence-corrected chi connectivity index (χ3v) is 11.2. The molecule has 0 spiro atoms. The topological polar surface area (TPSA) is 281 Å². The number of amides is 1. The van der Waals surface area contributed by atoms with Gasteiger partial charge in [-0.3, -0.25) is 18.7 Å². The molecule has 1 amide bonds. The van der Waals surface area contributed by atoms with Crippen molar-refractivity contribution < 1.29 is 67.7 Å². The molecule has 1 unspecified atom stereocenters. The van der Waals surface area contributed by atoms with E-state index in [1.165, 1.54) is 59.3 Å². The van der Waals surface area contributed by atoms with E-state index < -0.39 is 44.8 Å². The van der Waals surface area contributed by atoms with Gasteiger partial charge >= 0.3 is 26.2 Å². The Morgan fingerprint density at radius 2 is 1.67 bits per heavy atom. The second kappa shape index (κ2) is 12.7. The highest BCUT2D eigenvalue weighted by atomic mass is 31.2. The molecule has 17 nitrogen and oxygen atoms in total. The van der Waals surface area contributed by atoms with Gasteiger partial charge in [0.05, 0.1) is 5.56 Å². The van der Waals surface area contributed by atoms with Crippen LogP contribution in [0.5, 0.6) is 5.75 Å². The van der Waals surface area contributed by atoms with Crippen LogP contribution in [0.2, 0.25) is 0 Å². The van der Waals surface area contributed by atoms with Crippen molar-refractivity contribution >= 4 is 38.0 Å². The molecule has 1 aromatic heterocycles. The fourth-order valence-electron chi connectivity index (χ4n) is 5.09. The van der Waals surface area contributed by atoms with Crippen LogP contribution in [0.1, 0.15) is 20.7 Å². The van der Waals surface area contributed by atoms with Crippen molar-refractivity contribution in [2.24, 2.45) is 0 Å². The van der Waals surface area contributed by atoms with Gasteiger partial charge in [0.25, 0.3) is 5.91 Å². The monoisotopic (exact) mass is 704 g/mol. The summed E-state index contributed by atoms with van der Waals surface area (Å²) in [6.45, 7) is -1.72. The highest BCUT2D eigenvalue weighted by molar-refractivity contribution is 7.72. The number of carboxylic acids is 1. The van der Waals surface area contributed by atoms with Crippen molar-refractivity contribution in [3.05, 3.63) is 94.7 Å². The van der Waals surface area contributed by atoms with Crippen LogP contribution < -0.4 is 15.3 Å². The van der Waals surface area contributed by atoms with E-state index in [1.54, 1.807) is 0 Å². The summed E-state index contributed by atoms with van der Waals surface area (Å²) >= 11 is 0. The molecule has 2 aliphatic rings. The third kappa shape index (κ3) is 6.80. The van der Waals surface area contributed by atoms with Gasteiger partial charge in [-0.25, -0.2) is 13.9 Å². The summed E-state index contributed by atoms with van der Waals surface area (Å²) in [6.07, 6.45) is 2.28. The number of nitrogens with zero attached hydrogens (tertiary/aromatic N) is 2. The minimum absolute atomic E-state index is 0.0648. The quantitative estimate of drug-likeness (QED) is 0.0524. The average molecular weight is 704 g/mol. The number of benzene rings is 3. The molecule has 2 heterocycles. The van der Waals surface area contributed by atoms with Gasteiger partial charge in [-0.15, -0.1) is 0 Å². The Labute approximate surface area is 269 Å². The first-order valence-electron chi connectivity index (χ1n) is 13.8. The Kier molecular flexibility index (Phi) is 9.18. The van der Waals surface area contributed by atoms with Crippen molar-refractivity contribution in [3.8, 4) is 28.2 Å². The number of aromatic nitrogens is 2. The van der Waals surface area contributed by atoms with E-state index in [4.69, 9.17) is 4.42 Å². The number of aliphatic hydroxyl groups excluding tert-OH is 1. The van der Waals surface area contributed by atoms with Gasteiger partial charge in [-0.2, -0.15) is 0 Å². The molecule has 0 radical (unpaired) electrons. The van der Waals surface area contributed by atoms with Crippen LogP contribution in [-0.4, -0.2) is 74.2 Å². The number of carbonyl (C=O) groups excluding carboxylic acids is 1. The first-order valence-corrected chi connectivity index (χ1v) is 17.0. The molecular formula is C29H28N3O14P2+. The Morgan fingerprint density at radius 1 is 0.979 bits per heavy atom. The standard InChI is InChI=1S/C29H27N3O14P2/c33-17-2-5-21-24(10-17)46-25-11-18(34)3-6-22(25)26(21)20-4-1-16(9-23(20)28(37)38)27(36)30-12-19(35)13-31-7-8-32(15-31)14-29(39,47(40,41)42)48(43,44)45/h1-11,15,19,35,39H,12-14H2,(H6-,30,33,34,36,37,38,40,41,42,43,44,45)/p+1. The number of fused-ring (bicyclic) bond motifs is 2. The molecule has 0 saturated heterocycles. The van der Waals surface area contributed by atoms with Crippen molar-refractivity contribution in [2.75, 3.05) is 6.54 Å². The summed E-state index contributed by atoms with van der Waals surface area (Å²) < 4.78 is 31.2. The molecule has 19 heteroatoms. The molecule has 0 bridgehead atoms. The number of carbonyl (C=O) groups is 2. The molecule has 48 heavy (non-hydrogen) atoms. The molecule has 9 N–H and O–H groups in total. The molecule has 1 aliphatic heterocycles. The van der Waals surface area contributed by atoms with E-state index in [0.717, 1.165) is 23.2 Å². The van der Waals surface area contributed by atoms with E-state index in [-0.39, 0.29) is 52.3 Å². The summed E-state index contributed by atoms with van der Waals surface area (Å²) in [4.78, 5) is 74.8. The second-order valence-electron chi connectivity index (χ2n) is 10.9. The highest BCUT2D eigenvalue weighted by Gasteiger charge is 2.61. The van der Waals surface area contributed by atoms with E-state index >= 15 is 0 Å². The fraction of sp³-hybridized carbons (Fsp3) is 0.172. The van der Waals surface area contributed by atoms with Crippen LogP contribution in [0.3, 0.4) is 0 Å². The molecule has 252 valence electrons. The average Bonchev–Trinajstić information content (AvgIpc) is 3.43. The molecule has 1 aliphatic carbocycles. The zero-order valence-corrected chi connectivity index (χ0v) is 26.2. The lowest BCUT2D eigenvalue weighted by atomic mass is 9.90. The Balaban J connectivity index is 1.35. The van der Waals surface area contributed by atoms with E-state index in [0.29, 0.717) is 16.5 Å². The summed E-state index contributed by atoms with van der Waals surface area (Å²) in [7, 11) is -11.4. The largest absolute Gasteiger partial charge is 0.508 e. The zero-order valence-electron chi connectivity index (χ0n) is 24.4. The van der Waals surface area contributed by atoms with Crippen molar-refractivity contribution in [3.63, 3.8) is 0 Å². The van der Waals surface area contributed by atoms with Crippen molar-refractivity contribution in [2.45, 2.75) is 24.3 Å². The van der Waals surface area contributed by atoms with E-state index in [1.807, 2.05) is 0 Å². The molecule has 0 saturated carbocycles. The molecular weight excluding hydrogens is 676 g/mol. The Morgan fingerprint density at radius 3 is 2.33 bits per heavy atom. The van der Waals surface area contributed by atoms with Gasteiger partial charge in [-0.05, 0) is 42.0 Å². The van der Waals surface area contributed by atoms with E-state index in [2.05, 4.69) is 5.32 Å². The van der Waals surface area contributed by atoms with Crippen LogP contribution in [0.4, 0.5) is 0 Å². The molecule has 1 atom stereocenters. The van der Waals surface area contributed by atoms with Crippen LogP contribution >= 0.6 is 15.2 Å². The third-order valence-electron chi connectivity index (χ3n) is 7.45. The molecule has 3 aromatic rings. The predicted octanol–water partition coefficient (Wildman–Crippen LogP) is 0.850. The fourth-order valence-corrected chi connectivity index (χ4v) is 7.14. The Bertz CT molecular complexity index is 2160. The number of aliphatic hydroxyl groups is 2. The molecule has 2 aromatic carbocycles. The number of rotatable bonds is 11. The summed E-state index contributed by atoms with van der Waals surface area (Å²) in [6, 6.07) is 12.2. The predicted molar refractivity (Wildman–Crippen MR) is 165 cm³/mol. The van der Waals surface area contributed by atoms with Crippen LogP contribution in [0.25, 0.3) is 33.4 Å². The van der Waals surface area contributed by atoms with Gasteiger partial charge in [0.1, 0.15) is 48.7 Å². The maximum absolute atomic E-state index is 13.0. The minimum Gasteiger partial charge on any atom is -0.508 e. The molecule has 0 fully saturated rings. The van der Waals surface area contributed by atoms with Gasteiger partial charge < -0.3 is 49.7 Å². The first kappa shape index (κ1) is 34.6. The highest BCUT2D eigenvalue weighted by Crippen LogP contribution is 2.67. The summed E-state index contributed by atoms with van der Waals surface area (Å²) in [5.41, 5.74) is 0.489. The van der Waals surface area contributed by atoms with Crippen LogP contribution in [-0.2, 0) is 22.2 Å². The molecule has 5 rings (SSSR count). The number of hydrogen-bond donors (Lipinski definition) is 9. The number of imidazole rings is 1. The summed E-state index contributed by atoms with van der Waals surface area (Å²) in [5.74, 6) is -2.08. The number of hydrogen-bond acceptors (Lipinski definition) is 9. The zero-order chi connectivity index (χ0) is 35.2. The lowest BCUT2D eigenvalue weighted by Gasteiger charge is -2.27. The van der Waals surface area contributed by atoms with Gasteiger partial charge in [0.15, 0.2) is 5.43 Å². The lowest BCUT2D eigenvalue weighted by molar-refractivity contribution is -0.703. The number of aromatic carboxylic acids is 1. The van der Waals surface area contributed by atoms with Gasteiger partial charge in [0, 0.05) is 40.8 Å². The number of nitrogens with one attached hydrogen (secondary N) is 1. The maximum atomic E-state index is 13.0. The second-order valence-corrected chi connectivity index (χ2v) is 14.9. The first-order chi connectivity index (χ1) is 22.4. The van der Waals surface area contributed by atoms with E-state index in [9.17, 15) is 63.5 Å².